The molecular weight excluding hydrogens is 324 g/mol. The molecule has 0 aliphatic carbocycles. The Morgan fingerprint density at radius 3 is 2.58 bits per heavy atom. The molecular formula is C18H20N2O3S. The fourth-order valence-electron chi connectivity index (χ4n) is 2.40. The maximum Gasteiger partial charge on any atom is 0.261 e. The molecule has 0 saturated heterocycles. The molecule has 3 aromatic rings. The normalized spacial score (nSPS) is 11.8. The summed E-state index contributed by atoms with van der Waals surface area (Å²) in [7, 11) is -3.62. The van der Waals surface area contributed by atoms with Gasteiger partial charge >= 0.3 is 0 Å². The SMILES string of the molecule is CCCCc1nc2ccc(NS(=O)(=O)c3ccc(C)cc3)cc2o1. The molecule has 1 N–H and O–H groups in total. The van der Waals surface area contributed by atoms with Gasteiger partial charge in [-0.3, -0.25) is 4.72 Å². The van der Waals surface area contributed by atoms with Gasteiger partial charge in [0.05, 0.1) is 10.6 Å². The largest absolute Gasteiger partial charge is 0.441 e. The zero-order valence-corrected chi connectivity index (χ0v) is 14.6. The van der Waals surface area contributed by atoms with E-state index < -0.39 is 10.0 Å². The lowest BCUT2D eigenvalue weighted by molar-refractivity contribution is 0.518. The van der Waals surface area contributed by atoms with Crippen LogP contribution in [0.15, 0.2) is 51.8 Å². The number of fused-ring (bicyclic) bond motifs is 1. The van der Waals surface area contributed by atoms with E-state index in [0.717, 1.165) is 30.3 Å². The molecule has 0 bridgehead atoms. The van der Waals surface area contributed by atoms with Crippen LogP contribution in [0.25, 0.3) is 11.1 Å². The summed E-state index contributed by atoms with van der Waals surface area (Å²) >= 11 is 0. The van der Waals surface area contributed by atoms with Crippen molar-refractivity contribution < 1.29 is 12.8 Å². The second kappa shape index (κ2) is 6.65. The topological polar surface area (TPSA) is 72.2 Å². The van der Waals surface area contributed by atoms with Crippen molar-refractivity contribution in [2.24, 2.45) is 0 Å². The summed E-state index contributed by atoms with van der Waals surface area (Å²) in [6.07, 6.45) is 2.87. The van der Waals surface area contributed by atoms with Crippen molar-refractivity contribution in [2.45, 2.75) is 38.0 Å². The molecule has 0 saturated carbocycles. The predicted molar refractivity (Wildman–Crippen MR) is 94.6 cm³/mol. The van der Waals surface area contributed by atoms with Crippen LogP contribution in [0, 0.1) is 6.92 Å². The maximum atomic E-state index is 12.4. The maximum absolute atomic E-state index is 12.4. The monoisotopic (exact) mass is 344 g/mol. The molecule has 0 radical (unpaired) electrons. The lowest BCUT2D eigenvalue weighted by Gasteiger charge is -2.08. The molecule has 5 nitrogen and oxygen atoms in total. The quantitative estimate of drug-likeness (QED) is 0.724. The van der Waals surface area contributed by atoms with E-state index in [0.29, 0.717) is 17.2 Å². The number of benzene rings is 2. The molecule has 1 aromatic heterocycles. The van der Waals surface area contributed by atoms with Crippen molar-refractivity contribution >= 4 is 26.8 Å². The van der Waals surface area contributed by atoms with E-state index in [9.17, 15) is 8.42 Å². The van der Waals surface area contributed by atoms with Gasteiger partial charge in [-0.1, -0.05) is 31.0 Å². The number of unbranched alkanes of at least 4 members (excludes halogenated alkanes) is 1. The van der Waals surface area contributed by atoms with Gasteiger partial charge in [0.1, 0.15) is 5.52 Å². The van der Waals surface area contributed by atoms with Crippen LogP contribution < -0.4 is 4.72 Å². The van der Waals surface area contributed by atoms with Gasteiger partial charge in [-0.05, 0) is 37.6 Å². The first kappa shape index (κ1) is 16.5. The zero-order valence-electron chi connectivity index (χ0n) is 13.7. The number of nitrogens with zero attached hydrogens (tertiary/aromatic N) is 1. The van der Waals surface area contributed by atoms with Gasteiger partial charge in [0, 0.05) is 12.5 Å². The summed E-state index contributed by atoms with van der Waals surface area (Å²) in [5, 5.41) is 0. The van der Waals surface area contributed by atoms with Crippen LogP contribution in [-0.2, 0) is 16.4 Å². The van der Waals surface area contributed by atoms with E-state index in [4.69, 9.17) is 4.42 Å². The van der Waals surface area contributed by atoms with E-state index >= 15 is 0 Å². The Morgan fingerprint density at radius 1 is 1.12 bits per heavy atom. The van der Waals surface area contributed by atoms with Crippen molar-refractivity contribution in [3.05, 3.63) is 53.9 Å². The fraction of sp³-hybridized carbons (Fsp3) is 0.278. The fourth-order valence-corrected chi connectivity index (χ4v) is 3.45. The second-order valence-electron chi connectivity index (χ2n) is 5.81. The van der Waals surface area contributed by atoms with Crippen LogP contribution >= 0.6 is 0 Å². The molecule has 2 aromatic carbocycles. The Labute approximate surface area is 141 Å². The first-order valence-electron chi connectivity index (χ1n) is 7.97. The highest BCUT2D eigenvalue weighted by molar-refractivity contribution is 7.92. The van der Waals surface area contributed by atoms with Crippen molar-refractivity contribution in [3.8, 4) is 0 Å². The summed E-state index contributed by atoms with van der Waals surface area (Å²) < 4.78 is 33.2. The molecule has 0 fully saturated rings. The summed E-state index contributed by atoms with van der Waals surface area (Å²) in [6.45, 7) is 4.03. The average Bonchev–Trinajstić information content (AvgIpc) is 2.95. The number of nitrogens with one attached hydrogen (secondary N) is 1. The molecule has 1 heterocycles. The predicted octanol–water partition coefficient (Wildman–Crippen LogP) is 4.28. The second-order valence-corrected chi connectivity index (χ2v) is 7.49. The minimum absolute atomic E-state index is 0.231. The minimum atomic E-state index is -3.62. The number of sulfonamides is 1. The van der Waals surface area contributed by atoms with Crippen LogP contribution in [0.5, 0.6) is 0 Å². The summed E-state index contributed by atoms with van der Waals surface area (Å²) in [5.41, 5.74) is 2.79. The molecule has 126 valence electrons. The van der Waals surface area contributed by atoms with E-state index in [1.165, 1.54) is 0 Å². The van der Waals surface area contributed by atoms with Crippen molar-refractivity contribution in [3.63, 3.8) is 0 Å². The van der Waals surface area contributed by atoms with Crippen molar-refractivity contribution in [1.82, 2.24) is 4.98 Å². The van der Waals surface area contributed by atoms with Crippen LogP contribution in [0.4, 0.5) is 5.69 Å². The molecule has 3 rings (SSSR count). The molecule has 0 spiro atoms. The van der Waals surface area contributed by atoms with Gasteiger partial charge in [-0.2, -0.15) is 0 Å². The van der Waals surface area contributed by atoms with Gasteiger partial charge in [0.2, 0.25) is 0 Å². The number of aryl methyl sites for hydroxylation is 2. The molecule has 0 amide bonds. The smallest absolute Gasteiger partial charge is 0.261 e. The van der Waals surface area contributed by atoms with Gasteiger partial charge < -0.3 is 4.42 Å². The summed E-state index contributed by atoms with van der Waals surface area (Å²) in [6, 6.07) is 11.9. The third-order valence-electron chi connectivity index (χ3n) is 3.76. The first-order valence-corrected chi connectivity index (χ1v) is 9.45. The highest BCUT2D eigenvalue weighted by Crippen LogP contribution is 2.23. The van der Waals surface area contributed by atoms with E-state index in [-0.39, 0.29) is 4.90 Å². The van der Waals surface area contributed by atoms with Crippen LogP contribution in [0.2, 0.25) is 0 Å². The van der Waals surface area contributed by atoms with Gasteiger partial charge in [-0.25, -0.2) is 13.4 Å². The van der Waals surface area contributed by atoms with E-state index in [1.807, 2.05) is 6.92 Å². The number of rotatable bonds is 6. The molecule has 0 aliphatic heterocycles. The number of hydrogen-bond donors (Lipinski definition) is 1. The van der Waals surface area contributed by atoms with Crippen LogP contribution in [0.1, 0.15) is 31.2 Å². The highest BCUT2D eigenvalue weighted by atomic mass is 32.2. The van der Waals surface area contributed by atoms with Gasteiger partial charge in [0.25, 0.3) is 10.0 Å². The number of anilines is 1. The highest BCUT2D eigenvalue weighted by Gasteiger charge is 2.15. The summed E-state index contributed by atoms with van der Waals surface area (Å²) in [4.78, 5) is 4.64. The average molecular weight is 344 g/mol. The number of aromatic nitrogens is 1. The van der Waals surface area contributed by atoms with Gasteiger partial charge in [0.15, 0.2) is 11.5 Å². The first-order chi connectivity index (χ1) is 11.5. The third kappa shape index (κ3) is 3.59. The Morgan fingerprint density at radius 2 is 1.88 bits per heavy atom. The number of oxazole rings is 1. The third-order valence-corrected chi connectivity index (χ3v) is 5.16. The van der Waals surface area contributed by atoms with Crippen molar-refractivity contribution in [1.29, 1.82) is 0 Å². The lowest BCUT2D eigenvalue weighted by atomic mass is 10.2. The summed E-state index contributed by atoms with van der Waals surface area (Å²) in [5.74, 6) is 0.686. The van der Waals surface area contributed by atoms with Crippen LogP contribution in [0.3, 0.4) is 0 Å². The Kier molecular flexibility index (Phi) is 4.57. The number of hydrogen-bond acceptors (Lipinski definition) is 4. The lowest BCUT2D eigenvalue weighted by Crippen LogP contribution is -2.12. The van der Waals surface area contributed by atoms with Gasteiger partial charge in [-0.15, -0.1) is 0 Å². The van der Waals surface area contributed by atoms with Crippen molar-refractivity contribution in [2.75, 3.05) is 4.72 Å². The standard InChI is InChI=1S/C18H20N2O3S/c1-3-4-5-18-19-16-11-8-14(12-17(16)23-18)20-24(21,22)15-9-6-13(2)7-10-15/h6-12,20H,3-5H2,1-2H3. The molecule has 0 unspecified atom stereocenters. The Bertz CT molecular complexity index is 944. The molecule has 6 heteroatoms. The van der Waals surface area contributed by atoms with Crippen LogP contribution in [-0.4, -0.2) is 13.4 Å². The zero-order chi connectivity index (χ0) is 17.2. The van der Waals surface area contributed by atoms with E-state index in [2.05, 4.69) is 16.6 Å². The minimum Gasteiger partial charge on any atom is -0.441 e. The Balaban J connectivity index is 1.85. The van der Waals surface area contributed by atoms with E-state index in [1.54, 1.807) is 42.5 Å². The Hall–Kier alpha value is -2.34. The molecule has 0 aliphatic rings. The molecule has 0 atom stereocenters. The molecule has 24 heavy (non-hydrogen) atoms.